The summed E-state index contributed by atoms with van der Waals surface area (Å²) in [5.41, 5.74) is 1.99. The molecule has 6 nitrogen and oxygen atoms in total. The molecule has 3 aromatic rings. The van der Waals surface area contributed by atoms with Gasteiger partial charge >= 0.3 is 0 Å². The minimum absolute atomic E-state index is 0.198. The zero-order valence-corrected chi connectivity index (χ0v) is 16.0. The molecule has 0 bridgehead atoms. The average molecular weight is 376 g/mol. The van der Waals surface area contributed by atoms with E-state index in [2.05, 4.69) is 10.3 Å². The van der Waals surface area contributed by atoms with Gasteiger partial charge in [0.25, 0.3) is 11.8 Å². The molecular formula is C22H24N4O2. The van der Waals surface area contributed by atoms with Crippen LogP contribution in [-0.4, -0.2) is 39.2 Å². The molecule has 2 amide bonds. The van der Waals surface area contributed by atoms with E-state index in [4.69, 9.17) is 0 Å². The fraction of sp³-hybridized carbons (Fsp3) is 0.318. The Hall–Kier alpha value is -3.15. The molecule has 0 radical (unpaired) electrons. The third kappa shape index (κ3) is 3.63. The SMILES string of the molecule is CN(Cc1ccccc1)C(=O)c1nc(C(=O)NC2CCCC2)n2ccccc12. The van der Waals surface area contributed by atoms with Crippen molar-refractivity contribution in [2.45, 2.75) is 38.3 Å². The van der Waals surface area contributed by atoms with Crippen molar-refractivity contribution in [3.8, 4) is 0 Å². The number of imidazole rings is 1. The Bertz CT molecular complexity index is 990. The summed E-state index contributed by atoms with van der Waals surface area (Å²) in [7, 11) is 1.75. The second kappa shape index (κ2) is 7.84. The highest BCUT2D eigenvalue weighted by molar-refractivity contribution is 6.02. The maximum absolute atomic E-state index is 13.1. The number of hydrogen-bond donors (Lipinski definition) is 1. The van der Waals surface area contributed by atoms with E-state index in [1.165, 1.54) is 0 Å². The van der Waals surface area contributed by atoms with E-state index in [0.29, 0.717) is 17.8 Å². The minimum Gasteiger partial charge on any atom is -0.347 e. The minimum atomic E-state index is -0.224. The van der Waals surface area contributed by atoms with Crippen LogP contribution in [0.5, 0.6) is 0 Å². The first kappa shape index (κ1) is 18.2. The highest BCUT2D eigenvalue weighted by Crippen LogP contribution is 2.20. The van der Waals surface area contributed by atoms with Gasteiger partial charge in [0.1, 0.15) is 0 Å². The summed E-state index contributed by atoms with van der Waals surface area (Å²) in [5, 5.41) is 3.06. The largest absolute Gasteiger partial charge is 0.347 e. The molecule has 4 rings (SSSR count). The van der Waals surface area contributed by atoms with Crippen molar-refractivity contribution in [3.63, 3.8) is 0 Å². The Morgan fingerprint density at radius 3 is 2.57 bits per heavy atom. The van der Waals surface area contributed by atoms with Crippen LogP contribution in [0.1, 0.15) is 52.4 Å². The lowest BCUT2D eigenvalue weighted by Crippen LogP contribution is -2.34. The van der Waals surface area contributed by atoms with Gasteiger partial charge in [0.05, 0.1) is 5.52 Å². The Labute approximate surface area is 164 Å². The predicted molar refractivity (Wildman–Crippen MR) is 107 cm³/mol. The van der Waals surface area contributed by atoms with Gasteiger partial charge in [-0.05, 0) is 30.5 Å². The maximum Gasteiger partial charge on any atom is 0.287 e. The van der Waals surface area contributed by atoms with Crippen molar-refractivity contribution in [1.82, 2.24) is 19.6 Å². The number of hydrogen-bond acceptors (Lipinski definition) is 3. The van der Waals surface area contributed by atoms with E-state index in [0.717, 1.165) is 31.2 Å². The fourth-order valence-corrected chi connectivity index (χ4v) is 3.79. The van der Waals surface area contributed by atoms with Crippen LogP contribution in [0.2, 0.25) is 0 Å². The summed E-state index contributed by atoms with van der Waals surface area (Å²) in [6.45, 7) is 0.481. The van der Waals surface area contributed by atoms with E-state index in [-0.39, 0.29) is 23.7 Å². The Morgan fingerprint density at radius 2 is 1.82 bits per heavy atom. The fourth-order valence-electron chi connectivity index (χ4n) is 3.79. The van der Waals surface area contributed by atoms with Gasteiger partial charge in [0.2, 0.25) is 5.82 Å². The summed E-state index contributed by atoms with van der Waals surface area (Å²) >= 11 is 0. The lowest BCUT2D eigenvalue weighted by Gasteiger charge is -2.16. The van der Waals surface area contributed by atoms with Crippen molar-refractivity contribution in [1.29, 1.82) is 0 Å². The molecular weight excluding hydrogens is 352 g/mol. The number of nitrogens with one attached hydrogen (secondary N) is 1. The standard InChI is InChI=1S/C22H24N4O2/c1-25(15-16-9-3-2-4-10-16)22(28)19-18-13-7-8-14-26(18)20(24-19)21(27)23-17-11-5-6-12-17/h2-4,7-10,13-14,17H,5-6,11-12,15H2,1H3,(H,23,27). The molecule has 1 saturated carbocycles. The predicted octanol–water partition coefficient (Wildman–Crippen LogP) is 3.28. The first-order valence-corrected chi connectivity index (χ1v) is 9.71. The molecule has 1 aromatic carbocycles. The van der Waals surface area contributed by atoms with Crippen molar-refractivity contribution in [2.24, 2.45) is 0 Å². The molecule has 0 saturated heterocycles. The van der Waals surface area contributed by atoms with E-state index in [9.17, 15) is 9.59 Å². The molecule has 0 unspecified atom stereocenters. The first-order valence-electron chi connectivity index (χ1n) is 9.71. The van der Waals surface area contributed by atoms with Crippen molar-refractivity contribution < 1.29 is 9.59 Å². The molecule has 2 aromatic heterocycles. The van der Waals surface area contributed by atoms with Gasteiger partial charge in [-0.2, -0.15) is 0 Å². The van der Waals surface area contributed by atoms with Crippen LogP contribution in [0.15, 0.2) is 54.7 Å². The lowest BCUT2D eigenvalue weighted by atomic mass is 10.2. The molecule has 0 spiro atoms. The summed E-state index contributed by atoms with van der Waals surface area (Å²) in [6, 6.07) is 15.5. The third-order valence-electron chi connectivity index (χ3n) is 5.25. The number of fused-ring (bicyclic) bond motifs is 1. The van der Waals surface area contributed by atoms with Crippen LogP contribution in [0, 0.1) is 0 Å². The number of rotatable bonds is 5. The Balaban J connectivity index is 1.61. The van der Waals surface area contributed by atoms with Crippen LogP contribution in [-0.2, 0) is 6.54 Å². The maximum atomic E-state index is 13.1. The van der Waals surface area contributed by atoms with Crippen molar-refractivity contribution >= 4 is 17.3 Å². The van der Waals surface area contributed by atoms with Crippen LogP contribution in [0.25, 0.3) is 5.52 Å². The molecule has 144 valence electrons. The van der Waals surface area contributed by atoms with E-state index >= 15 is 0 Å². The van der Waals surface area contributed by atoms with Gasteiger partial charge in [-0.25, -0.2) is 4.98 Å². The summed E-state index contributed by atoms with van der Waals surface area (Å²) in [4.78, 5) is 31.9. The first-order chi connectivity index (χ1) is 13.6. The number of benzene rings is 1. The zero-order chi connectivity index (χ0) is 19.5. The van der Waals surface area contributed by atoms with Gasteiger partial charge in [-0.15, -0.1) is 0 Å². The van der Waals surface area contributed by atoms with Gasteiger partial charge in [-0.1, -0.05) is 49.2 Å². The van der Waals surface area contributed by atoms with E-state index in [1.807, 2.05) is 48.5 Å². The van der Waals surface area contributed by atoms with Gasteiger partial charge < -0.3 is 10.2 Å². The van der Waals surface area contributed by atoms with E-state index in [1.54, 1.807) is 22.5 Å². The highest BCUT2D eigenvalue weighted by atomic mass is 16.2. The van der Waals surface area contributed by atoms with Crippen LogP contribution in [0.3, 0.4) is 0 Å². The van der Waals surface area contributed by atoms with Crippen molar-refractivity contribution in [2.75, 3.05) is 7.05 Å². The molecule has 0 atom stereocenters. The van der Waals surface area contributed by atoms with Crippen LogP contribution in [0.4, 0.5) is 0 Å². The summed E-state index contributed by atoms with van der Waals surface area (Å²) in [5.74, 6) is -0.163. The van der Waals surface area contributed by atoms with Gasteiger partial charge in [0, 0.05) is 25.8 Å². The van der Waals surface area contributed by atoms with Gasteiger partial charge in [0.15, 0.2) is 5.69 Å². The molecule has 2 heterocycles. The second-order valence-electron chi connectivity index (χ2n) is 7.34. The zero-order valence-electron chi connectivity index (χ0n) is 16.0. The smallest absolute Gasteiger partial charge is 0.287 e. The van der Waals surface area contributed by atoms with Gasteiger partial charge in [-0.3, -0.25) is 14.0 Å². The molecule has 1 N–H and O–H groups in total. The number of pyridine rings is 1. The molecule has 1 aliphatic rings. The normalized spacial score (nSPS) is 14.3. The molecule has 1 aliphatic carbocycles. The van der Waals surface area contributed by atoms with Crippen molar-refractivity contribution in [3.05, 3.63) is 71.8 Å². The number of nitrogens with zero attached hydrogens (tertiary/aromatic N) is 3. The number of carbonyl (C=O) groups is 2. The second-order valence-corrected chi connectivity index (χ2v) is 7.34. The average Bonchev–Trinajstić information content (AvgIpc) is 3.36. The summed E-state index contributed by atoms with van der Waals surface area (Å²) in [6.07, 6.45) is 6.06. The van der Waals surface area contributed by atoms with Crippen LogP contribution >= 0.6 is 0 Å². The topological polar surface area (TPSA) is 66.7 Å². The number of amides is 2. The summed E-state index contributed by atoms with van der Waals surface area (Å²) < 4.78 is 1.70. The lowest BCUT2D eigenvalue weighted by molar-refractivity contribution is 0.0782. The van der Waals surface area contributed by atoms with E-state index < -0.39 is 0 Å². The third-order valence-corrected chi connectivity index (χ3v) is 5.25. The molecule has 6 heteroatoms. The number of aromatic nitrogens is 2. The van der Waals surface area contributed by atoms with Crippen LogP contribution < -0.4 is 5.32 Å². The Morgan fingerprint density at radius 1 is 1.11 bits per heavy atom. The molecule has 28 heavy (non-hydrogen) atoms. The molecule has 0 aliphatic heterocycles. The Kier molecular flexibility index (Phi) is 5.10. The quantitative estimate of drug-likeness (QED) is 0.743. The monoisotopic (exact) mass is 376 g/mol. The molecule has 1 fully saturated rings. The number of carbonyl (C=O) groups excluding carboxylic acids is 2. The highest BCUT2D eigenvalue weighted by Gasteiger charge is 2.25.